The zero-order chi connectivity index (χ0) is 19.5. The fourth-order valence-electron chi connectivity index (χ4n) is 6.10. The van der Waals surface area contributed by atoms with Crippen LogP contribution in [0.15, 0.2) is 24.3 Å². The first-order chi connectivity index (χ1) is 13.7. The molecule has 1 nitrogen and oxygen atoms in total. The Morgan fingerprint density at radius 2 is 1.86 bits per heavy atom. The zero-order valence-corrected chi connectivity index (χ0v) is 17.8. The van der Waals surface area contributed by atoms with Crippen molar-refractivity contribution in [2.75, 3.05) is 6.61 Å². The predicted octanol–water partition coefficient (Wildman–Crippen LogP) is 6.99. The normalized spacial score (nSPS) is 32.9. The van der Waals surface area contributed by atoms with Crippen molar-refractivity contribution in [3.05, 3.63) is 46.8 Å². The molecule has 0 saturated heterocycles. The van der Waals surface area contributed by atoms with Crippen LogP contribution in [0.4, 0.5) is 4.39 Å². The van der Waals surface area contributed by atoms with Gasteiger partial charge in [-0.25, -0.2) is 4.39 Å². The molecule has 0 radical (unpaired) electrons. The summed E-state index contributed by atoms with van der Waals surface area (Å²) in [5.41, 5.74) is 3.75. The maximum absolute atomic E-state index is 15.0. The van der Waals surface area contributed by atoms with Crippen molar-refractivity contribution >= 4 is 0 Å². The van der Waals surface area contributed by atoms with Crippen molar-refractivity contribution in [2.24, 2.45) is 17.8 Å². The number of ether oxygens (including phenoxy) is 1. The Hall–Kier alpha value is -1.15. The molecular formula is C26H37FO. The highest BCUT2D eigenvalue weighted by Crippen LogP contribution is 2.47. The Kier molecular flexibility index (Phi) is 6.55. The van der Waals surface area contributed by atoms with Gasteiger partial charge in [0, 0.05) is 0 Å². The lowest BCUT2D eigenvalue weighted by Gasteiger charge is -2.42. The summed E-state index contributed by atoms with van der Waals surface area (Å²) >= 11 is 0. The van der Waals surface area contributed by atoms with E-state index in [0.29, 0.717) is 12.0 Å². The van der Waals surface area contributed by atoms with Gasteiger partial charge in [0.25, 0.3) is 0 Å². The molecule has 0 heterocycles. The van der Waals surface area contributed by atoms with Crippen LogP contribution in [0.25, 0.3) is 0 Å². The molecule has 154 valence electrons. The smallest absolute Gasteiger partial charge is 0.126 e. The maximum atomic E-state index is 15.0. The molecule has 1 aromatic rings. The molecule has 5 unspecified atom stereocenters. The third-order valence-corrected chi connectivity index (χ3v) is 7.90. The van der Waals surface area contributed by atoms with Crippen LogP contribution in [0, 0.1) is 23.6 Å². The van der Waals surface area contributed by atoms with Gasteiger partial charge in [0.2, 0.25) is 0 Å². The van der Waals surface area contributed by atoms with Crippen LogP contribution in [0.2, 0.25) is 0 Å². The van der Waals surface area contributed by atoms with E-state index in [1.807, 2.05) is 13.0 Å². The molecule has 0 amide bonds. The quantitative estimate of drug-likeness (QED) is 0.497. The molecule has 2 heteroatoms. The first-order valence-corrected chi connectivity index (χ1v) is 11.7. The fourth-order valence-corrected chi connectivity index (χ4v) is 6.10. The van der Waals surface area contributed by atoms with E-state index < -0.39 is 0 Å². The highest BCUT2D eigenvalue weighted by Gasteiger charge is 2.37. The van der Waals surface area contributed by atoms with Gasteiger partial charge in [0.15, 0.2) is 0 Å². The summed E-state index contributed by atoms with van der Waals surface area (Å²) < 4.78 is 21.1. The summed E-state index contributed by atoms with van der Waals surface area (Å²) in [6, 6.07) is 4.15. The minimum absolute atomic E-state index is 0.0716. The van der Waals surface area contributed by atoms with E-state index in [4.69, 9.17) is 4.74 Å². The highest BCUT2D eigenvalue weighted by atomic mass is 19.1. The summed E-state index contributed by atoms with van der Waals surface area (Å²) in [6.45, 7) is 5.06. The van der Waals surface area contributed by atoms with Gasteiger partial charge >= 0.3 is 0 Å². The monoisotopic (exact) mass is 384 g/mol. The molecule has 28 heavy (non-hydrogen) atoms. The lowest BCUT2D eigenvalue weighted by molar-refractivity contribution is -0.00334. The molecule has 5 atom stereocenters. The van der Waals surface area contributed by atoms with Crippen molar-refractivity contribution in [1.29, 1.82) is 0 Å². The minimum atomic E-state index is 0.0716. The molecule has 0 bridgehead atoms. The average Bonchev–Trinajstić information content (AvgIpc) is 2.72. The van der Waals surface area contributed by atoms with Gasteiger partial charge < -0.3 is 4.74 Å². The Morgan fingerprint density at radius 1 is 1.04 bits per heavy atom. The van der Waals surface area contributed by atoms with Crippen LogP contribution in [0.3, 0.4) is 0 Å². The molecule has 2 saturated carbocycles. The molecule has 0 aromatic heterocycles. The number of aryl methyl sites for hydroxylation is 1. The molecule has 0 N–H and O–H groups in total. The number of hydrogen-bond acceptors (Lipinski definition) is 1. The number of rotatable bonds is 5. The molecule has 0 spiro atoms. The Labute approximate surface area is 170 Å². The van der Waals surface area contributed by atoms with E-state index in [1.165, 1.54) is 56.1 Å². The van der Waals surface area contributed by atoms with E-state index in [-0.39, 0.29) is 5.82 Å². The first-order valence-electron chi connectivity index (χ1n) is 11.7. The summed E-state index contributed by atoms with van der Waals surface area (Å²) in [5, 5.41) is 0. The predicted molar refractivity (Wildman–Crippen MR) is 114 cm³/mol. The van der Waals surface area contributed by atoms with Gasteiger partial charge in [-0.2, -0.15) is 0 Å². The lowest BCUT2D eigenvalue weighted by atomic mass is 9.65. The summed E-state index contributed by atoms with van der Waals surface area (Å²) in [7, 11) is 0. The summed E-state index contributed by atoms with van der Waals surface area (Å²) in [5.74, 6) is 2.79. The van der Waals surface area contributed by atoms with Crippen molar-refractivity contribution in [1.82, 2.24) is 0 Å². The number of allylic oxidation sites excluding steroid dienone is 1. The molecule has 3 aliphatic carbocycles. The standard InChI is InChI=1S/C26H37FO/c1-3-5-12-28-24-11-10-19-14-22(9-8-20(19)15-24)25-16-21-7-6-18(4-2)13-23(21)17-26(25)27/h3,5,16-20,22,24H,4,6-15H2,1-2H3/b5-3+. The average molecular weight is 385 g/mol. The van der Waals surface area contributed by atoms with Crippen LogP contribution in [-0.4, -0.2) is 12.7 Å². The van der Waals surface area contributed by atoms with Gasteiger partial charge in [0.05, 0.1) is 12.7 Å². The van der Waals surface area contributed by atoms with E-state index in [2.05, 4.69) is 25.1 Å². The summed E-state index contributed by atoms with van der Waals surface area (Å²) in [4.78, 5) is 0. The van der Waals surface area contributed by atoms with Gasteiger partial charge in [0.1, 0.15) is 5.82 Å². The molecule has 2 fully saturated rings. The lowest BCUT2D eigenvalue weighted by Crippen LogP contribution is -2.34. The van der Waals surface area contributed by atoms with Crippen LogP contribution in [0.5, 0.6) is 0 Å². The van der Waals surface area contributed by atoms with E-state index in [1.54, 1.807) is 0 Å². The Balaban J connectivity index is 1.40. The third kappa shape index (κ3) is 4.37. The van der Waals surface area contributed by atoms with Crippen molar-refractivity contribution in [2.45, 2.75) is 90.1 Å². The largest absolute Gasteiger partial charge is 0.374 e. The van der Waals surface area contributed by atoms with Crippen molar-refractivity contribution < 1.29 is 9.13 Å². The van der Waals surface area contributed by atoms with E-state index in [0.717, 1.165) is 49.2 Å². The zero-order valence-electron chi connectivity index (χ0n) is 17.8. The first kappa shape index (κ1) is 20.1. The Morgan fingerprint density at radius 3 is 2.68 bits per heavy atom. The number of hydrogen-bond donors (Lipinski definition) is 0. The molecule has 1 aromatic carbocycles. The van der Waals surface area contributed by atoms with E-state index >= 15 is 4.39 Å². The third-order valence-electron chi connectivity index (χ3n) is 7.90. The second-order valence-electron chi connectivity index (χ2n) is 9.53. The summed E-state index contributed by atoms with van der Waals surface area (Å²) in [6.07, 6.45) is 16.5. The van der Waals surface area contributed by atoms with Crippen LogP contribution in [-0.2, 0) is 17.6 Å². The van der Waals surface area contributed by atoms with Crippen LogP contribution < -0.4 is 0 Å². The molecule has 0 aliphatic heterocycles. The van der Waals surface area contributed by atoms with Gasteiger partial charge in [-0.1, -0.05) is 31.6 Å². The number of benzene rings is 1. The van der Waals surface area contributed by atoms with Crippen molar-refractivity contribution in [3.8, 4) is 0 Å². The molecule has 3 aliphatic rings. The van der Waals surface area contributed by atoms with Gasteiger partial charge in [-0.3, -0.25) is 0 Å². The van der Waals surface area contributed by atoms with Gasteiger partial charge in [-0.15, -0.1) is 0 Å². The fraction of sp³-hybridized carbons (Fsp3) is 0.692. The number of halogens is 1. The second-order valence-corrected chi connectivity index (χ2v) is 9.53. The SMILES string of the molecule is C/C=C/COC1CCC2CC(c3cc4c(cc3F)CC(CC)CC4)CCC2C1. The minimum Gasteiger partial charge on any atom is -0.374 e. The van der Waals surface area contributed by atoms with Crippen LogP contribution in [0.1, 0.15) is 87.8 Å². The van der Waals surface area contributed by atoms with Crippen LogP contribution >= 0.6 is 0 Å². The Bertz CT molecular complexity index is 694. The molecular weight excluding hydrogens is 347 g/mol. The number of fused-ring (bicyclic) bond motifs is 2. The van der Waals surface area contributed by atoms with Gasteiger partial charge in [-0.05, 0) is 111 Å². The second kappa shape index (κ2) is 9.11. The maximum Gasteiger partial charge on any atom is 0.126 e. The highest BCUT2D eigenvalue weighted by molar-refractivity contribution is 5.37. The van der Waals surface area contributed by atoms with Crippen molar-refractivity contribution in [3.63, 3.8) is 0 Å². The topological polar surface area (TPSA) is 9.23 Å². The molecule has 4 rings (SSSR count). The van der Waals surface area contributed by atoms with E-state index in [9.17, 15) is 0 Å².